The van der Waals surface area contributed by atoms with Crippen molar-refractivity contribution in [2.24, 2.45) is 10.9 Å². The van der Waals surface area contributed by atoms with E-state index in [-0.39, 0.29) is 23.9 Å². The lowest BCUT2D eigenvalue weighted by Crippen LogP contribution is -2.27. The van der Waals surface area contributed by atoms with Crippen LogP contribution in [-0.2, 0) is 16.2 Å². The van der Waals surface area contributed by atoms with Crippen LogP contribution in [0, 0.1) is 0 Å². The number of nitrogens with two attached hydrogens (primary N) is 1. The number of nitrogens with zero attached hydrogens (tertiary/aromatic N) is 2. The van der Waals surface area contributed by atoms with E-state index >= 15 is 0 Å². The third-order valence-corrected chi connectivity index (χ3v) is 3.56. The van der Waals surface area contributed by atoms with E-state index in [9.17, 15) is 4.79 Å². The Morgan fingerprint density at radius 2 is 1.93 bits per heavy atom. The van der Waals surface area contributed by atoms with Gasteiger partial charge in [-0.05, 0) is 50.6 Å². The highest BCUT2D eigenvalue weighted by atomic mass is 35.5. The quantitative estimate of drug-likeness (QED) is 0.384. The Balaban J connectivity index is 1.79. The lowest BCUT2D eigenvalue weighted by molar-refractivity contribution is -0.125. The highest BCUT2D eigenvalue weighted by molar-refractivity contribution is 6.30. The summed E-state index contributed by atoms with van der Waals surface area (Å²) in [7, 11) is 0. The van der Waals surface area contributed by atoms with Crippen LogP contribution in [0.2, 0.25) is 5.02 Å². The number of hydrogen-bond acceptors (Lipinski definition) is 5. The van der Waals surface area contributed by atoms with Gasteiger partial charge >= 0.3 is 0 Å². The summed E-state index contributed by atoms with van der Waals surface area (Å²) in [5.41, 5.74) is 8.05. The van der Waals surface area contributed by atoms with E-state index in [1.807, 2.05) is 18.2 Å². The van der Waals surface area contributed by atoms with Crippen LogP contribution in [0.15, 0.2) is 47.8 Å². The number of aromatic nitrogens is 1. The monoisotopic (exact) mass is 389 g/mol. The number of benzene rings is 1. The lowest BCUT2D eigenvalue weighted by Gasteiger charge is -2.21. The van der Waals surface area contributed by atoms with Gasteiger partial charge in [0.2, 0.25) is 0 Å². The predicted molar refractivity (Wildman–Crippen MR) is 108 cm³/mol. The van der Waals surface area contributed by atoms with Crippen molar-refractivity contribution in [2.45, 2.75) is 32.9 Å². The van der Waals surface area contributed by atoms with E-state index in [1.165, 1.54) is 0 Å². The van der Waals surface area contributed by atoms with Crippen LogP contribution in [0.3, 0.4) is 0 Å². The molecule has 0 saturated carbocycles. The second-order valence-corrected chi connectivity index (χ2v) is 7.40. The molecule has 0 fully saturated rings. The first-order chi connectivity index (χ1) is 12.7. The molecule has 0 saturated heterocycles. The van der Waals surface area contributed by atoms with Gasteiger partial charge in [0.25, 0.3) is 5.91 Å². The molecule has 1 amide bonds. The van der Waals surface area contributed by atoms with Crippen LogP contribution in [0.5, 0.6) is 0 Å². The zero-order valence-corrected chi connectivity index (χ0v) is 16.4. The van der Waals surface area contributed by atoms with Gasteiger partial charge in [0, 0.05) is 17.1 Å². The largest absolute Gasteiger partial charge is 0.384 e. The molecule has 0 radical (unpaired) electrons. The molecule has 1 aromatic carbocycles. The topological polar surface area (TPSA) is 102 Å². The molecule has 27 heavy (non-hydrogen) atoms. The molecule has 0 bridgehead atoms. The molecule has 144 valence electrons. The van der Waals surface area contributed by atoms with Gasteiger partial charge in [0.05, 0.1) is 11.9 Å². The Morgan fingerprint density at radius 1 is 1.22 bits per heavy atom. The number of nitrogens with one attached hydrogen (secondary N) is 2. The number of carbonyl (C=O) groups is 1. The van der Waals surface area contributed by atoms with E-state index in [0.717, 1.165) is 11.3 Å². The molecule has 0 aliphatic rings. The minimum atomic E-state index is -0.306. The fourth-order valence-electron chi connectivity index (χ4n) is 2.11. The van der Waals surface area contributed by atoms with Gasteiger partial charge < -0.3 is 21.2 Å². The molecule has 7 nitrogen and oxygen atoms in total. The maximum Gasteiger partial charge on any atom is 0.261 e. The summed E-state index contributed by atoms with van der Waals surface area (Å²) >= 11 is 5.82. The first-order valence-electron chi connectivity index (χ1n) is 8.44. The Kier molecular flexibility index (Phi) is 7.01. The number of anilines is 1. The van der Waals surface area contributed by atoms with Crippen molar-refractivity contribution >= 4 is 29.0 Å². The van der Waals surface area contributed by atoms with Crippen molar-refractivity contribution in [3.63, 3.8) is 0 Å². The molecule has 0 aliphatic heterocycles. The fourth-order valence-corrected chi connectivity index (χ4v) is 2.24. The number of amides is 1. The van der Waals surface area contributed by atoms with E-state index in [2.05, 4.69) is 41.5 Å². The number of carbonyl (C=O) groups excluding carboxylic acids is 1. The molecule has 1 aromatic heterocycles. The number of rotatable bonds is 7. The van der Waals surface area contributed by atoms with Gasteiger partial charge in [0.15, 0.2) is 12.4 Å². The number of pyridine rings is 1. The minimum absolute atomic E-state index is 0.0642. The summed E-state index contributed by atoms with van der Waals surface area (Å²) < 4.78 is 0. The maximum atomic E-state index is 11.8. The predicted octanol–water partition coefficient (Wildman–Crippen LogP) is 2.90. The average molecular weight is 390 g/mol. The van der Waals surface area contributed by atoms with E-state index in [1.54, 1.807) is 24.4 Å². The van der Waals surface area contributed by atoms with Crippen LogP contribution in [0.4, 0.5) is 5.69 Å². The number of hydrogen-bond donors (Lipinski definition) is 3. The molecule has 8 heteroatoms. The normalized spacial score (nSPS) is 11.8. The van der Waals surface area contributed by atoms with Gasteiger partial charge in [0.1, 0.15) is 5.69 Å². The zero-order chi connectivity index (χ0) is 19.9. The molecule has 0 unspecified atom stereocenters. The molecule has 1 heterocycles. The SMILES string of the molecule is CC(C)(C)Nc1ccc(C(N)=NOCC(=O)NCc2ccc(Cl)cc2)nc1. The van der Waals surface area contributed by atoms with Gasteiger partial charge in [-0.2, -0.15) is 0 Å². The highest BCUT2D eigenvalue weighted by Crippen LogP contribution is 2.13. The molecule has 2 aromatic rings. The Labute approximate surface area is 163 Å². The molecule has 0 atom stereocenters. The minimum Gasteiger partial charge on any atom is -0.384 e. The van der Waals surface area contributed by atoms with Gasteiger partial charge in [-0.3, -0.25) is 9.78 Å². The Hall–Kier alpha value is -2.80. The van der Waals surface area contributed by atoms with Crippen molar-refractivity contribution in [3.05, 3.63) is 58.9 Å². The number of amidine groups is 1. The van der Waals surface area contributed by atoms with Crippen LogP contribution >= 0.6 is 11.6 Å². The van der Waals surface area contributed by atoms with E-state index < -0.39 is 0 Å². The third-order valence-electron chi connectivity index (χ3n) is 3.31. The first kappa shape index (κ1) is 20.5. The van der Waals surface area contributed by atoms with Crippen LogP contribution < -0.4 is 16.4 Å². The Bertz CT molecular complexity index is 783. The van der Waals surface area contributed by atoms with Gasteiger partial charge in [-0.1, -0.05) is 28.9 Å². The molecule has 4 N–H and O–H groups in total. The fraction of sp³-hybridized carbons (Fsp3) is 0.316. The van der Waals surface area contributed by atoms with Crippen molar-refractivity contribution in [3.8, 4) is 0 Å². The number of halogens is 1. The van der Waals surface area contributed by atoms with Crippen molar-refractivity contribution in [1.82, 2.24) is 10.3 Å². The smallest absolute Gasteiger partial charge is 0.261 e. The molecule has 0 aliphatic carbocycles. The van der Waals surface area contributed by atoms with Crippen molar-refractivity contribution in [1.29, 1.82) is 0 Å². The summed E-state index contributed by atoms with van der Waals surface area (Å²) in [6.45, 7) is 6.31. The summed E-state index contributed by atoms with van der Waals surface area (Å²) in [5.74, 6) is -0.206. The van der Waals surface area contributed by atoms with Gasteiger partial charge in [-0.15, -0.1) is 0 Å². The van der Waals surface area contributed by atoms with Crippen LogP contribution in [0.25, 0.3) is 0 Å². The highest BCUT2D eigenvalue weighted by Gasteiger charge is 2.10. The van der Waals surface area contributed by atoms with Crippen molar-refractivity contribution in [2.75, 3.05) is 11.9 Å². The second kappa shape index (κ2) is 9.23. The Morgan fingerprint density at radius 3 is 2.52 bits per heavy atom. The summed E-state index contributed by atoms with van der Waals surface area (Å²) in [5, 5.41) is 10.4. The van der Waals surface area contributed by atoms with Crippen molar-refractivity contribution < 1.29 is 9.63 Å². The van der Waals surface area contributed by atoms with Crippen LogP contribution in [-0.4, -0.2) is 28.9 Å². The first-order valence-corrected chi connectivity index (χ1v) is 8.82. The third kappa shape index (κ3) is 7.53. The number of oxime groups is 1. The lowest BCUT2D eigenvalue weighted by atomic mass is 10.1. The molecular formula is C19H24ClN5O2. The zero-order valence-electron chi connectivity index (χ0n) is 15.6. The average Bonchev–Trinajstić information content (AvgIpc) is 2.60. The second-order valence-electron chi connectivity index (χ2n) is 6.96. The van der Waals surface area contributed by atoms with Crippen LogP contribution in [0.1, 0.15) is 32.0 Å². The molecular weight excluding hydrogens is 366 g/mol. The summed E-state index contributed by atoms with van der Waals surface area (Å²) in [6.07, 6.45) is 1.67. The van der Waals surface area contributed by atoms with Gasteiger partial charge in [-0.25, -0.2) is 0 Å². The standard InChI is InChI=1S/C19H24ClN5O2/c1-19(2,3)24-15-8-9-16(22-11-15)18(21)25-27-12-17(26)23-10-13-4-6-14(20)7-5-13/h4-9,11,24H,10,12H2,1-3H3,(H2,21,25)(H,23,26). The summed E-state index contributed by atoms with van der Waals surface area (Å²) in [6, 6.07) is 10.8. The maximum absolute atomic E-state index is 11.8. The molecule has 0 spiro atoms. The van der Waals surface area contributed by atoms with E-state index in [4.69, 9.17) is 22.2 Å². The summed E-state index contributed by atoms with van der Waals surface area (Å²) in [4.78, 5) is 21.0. The molecule has 2 rings (SSSR count). The van der Waals surface area contributed by atoms with E-state index in [0.29, 0.717) is 17.3 Å².